The molecule has 0 amide bonds. The fourth-order valence-electron chi connectivity index (χ4n) is 3.19. The van der Waals surface area contributed by atoms with E-state index in [0.29, 0.717) is 26.2 Å². The van der Waals surface area contributed by atoms with Gasteiger partial charge in [0.1, 0.15) is 5.82 Å². The van der Waals surface area contributed by atoms with Crippen LogP contribution in [0.2, 0.25) is 0 Å². The minimum absolute atomic E-state index is 0.153. The second-order valence-electron chi connectivity index (χ2n) is 7.29. The molecule has 0 atom stereocenters. The van der Waals surface area contributed by atoms with Crippen LogP contribution in [0.4, 0.5) is 5.82 Å². The number of hydrogen-bond donors (Lipinski definition) is 2. The normalized spacial score (nSPS) is 19.1. The van der Waals surface area contributed by atoms with E-state index in [1.807, 2.05) is 41.3 Å². The second-order valence-corrected chi connectivity index (χ2v) is 10.0. The van der Waals surface area contributed by atoms with Gasteiger partial charge >= 0.3 is 0 Å². The van der Waals surface area contributed by atoms with Gasteiger partial charge in [0.25, 0.3) is 0 Å². The van der Waals surface area contributed by atoms with Crippen LogP contribution in [0.15, 0.2) is 41.4 Å². The summed E-state index contributed by atoms with van der Waals surface area (Å²) < 4.78 is 23.6. The quantitative estimate of drug-likeness (QED) is 0.471. The molecule has 2 heterocycles. The van der Waals surface area contributed by atoms with Crippen LogP contribution >= 0.6 is 0 Å². The number of nitrogens with one attached hydrogen (secondary N) is 2. The van der Waals surface area contributed by atoms with Gasteiger partial charge in [0.05, 0.1) is 16.0 Å². The zero-order valence-corrected chi connectivity index (χ0v) is 16.9. The van der Waals surface area contributed by atoms with E-state index in [2.05, 4.69) is 20.6 Å². The number of aliphatic imine (C=N–C) groups is 1. The van der Waals surface area contributed by atoms with Gasteiger partial charge in [-0.3, -0.25) is 4.99 Å². The van der Waals surface area contributed by atoms with E-state index in [-0.39, 0.29) is 5.75 Å². The van der Waals surface area contributed by atoms with Gasteiger partial charge in [0.15, 0.2) is 15.8 Å². The van der Waals surface area contributed by atoms with Crippen molar-refractivity contribution in [3.63, 3.8) is 0 Å². The van der Waals surface area contributed by atoms with Crippen molar-refractivity contribution >= 4 is 32.5 Å². The third-order valence-corrected chi connectivity index (χ3v) is 7.40. The van der Waals surface area contributed by atoms with Crippen molar-refractivity contribution in [2.45, 2.75) is 18.6 Å². The van der Waals surface area contributed by atoms with E-state index < -0.39 is 14.6 Å². The Balaban J connectivity index is 1.53. The minimum Gasteiger partial charge on any atom is -0.368 e. The first kappa shape index (κ1) is 19.4. The number of fused-ring (bicyclic) bond motifs is 1. The molecule has 0 spiro atoms. The fourth-order valence-corrected chi connectivity index (χ4v) is 4.55. The Morgan fingerprint density at radius 3 is 2.74 bits per heavy atom. The highest BCUT2D eigenvalue weighted by Gasteiger charge is 2.40. The van der Waals surface area contributed by atoms with Gasteiger partial charge in [0.2, 0.25) is 0 Å². The van der Waals surface area contributed by atoms with E-state index in [4.69, 9.17) is 0 Å². The summed E-state index contributed by atoms with van der Waals surface area (Å²) in [5.74, 6) is 1.71. The summed E-state index contributed by atoms with van der Waals surface area (Å²) in [5, 5.41) is 7.72. The first-order valence-electron chi connectivity index (χ1n) is 9.10. The van der Waals surface area contributed by atoms with E-state index in [1.165, 1.54) is 0 Å². The SMILES string of the molecule is CN=C(NCCNc1ccc2ccccc2n1)N1CCS(=O)(=O)C(C)(C)C1. The predicted octanol–water partition coefficient (Wildman–Crippen LogP) is 1.73. The van der Waals surface area contributed by atoms with Crippen LogP contribution in [-0.2, 0) is 9.84 Å². The molecule has 0 bridgehead atoms. The molecule has 1 aromatic carbocycles. The summed E-state index contributed by atoms with van der Waals surface area (Å²) in [6.07, 6.45) is 0. The Morgan fingerprint density at radius 2 is 2.00 bits per heavy atom. The zero-order chi connectivity index (χ0) is 19.5. The molecule has 0 radical (unpaired) electrons. The average molecular weight is 390 g/mol. The molecule has 2 aromatic rings. The molecular formula is C19H27N5O2S. The molecule has 7 nitrogen and oxygen atoms in total. The second kappa shape index (κ2) is 7.72. The number of hydrogen-bond acceptors (Lipinski definition) is 5. The summed E-state index contributed by atoms with van der Waals surface area (Å²) in [6.45, 7) is 5.79. The number of guanidine groups is 1. The number of anilines is 1. The Bertz CT molecular complexity index is 940. The molecule has 1 aromatic heterocycles. The molecule has 146 valence electrons. The number of rotatable bonds is 4. The smallest absolute Gasteiger partial charge is 0.193 e. The Morgan fingerprint density at radius 1 is 1.22 bits per heavy atom. The van der Waals surface area contributed by atoms with Crippen molar-refractivity contribution in [2.24, 2.45) is 4.99 Å². The van der Waals surface area contributed by atoms with Crippen LogP contribution in [0.25, 0.3) is 10.9 Å². The number of nitrogens with zero attached hydrogens (tertiary/aromatic N) is 3. The maximum absolute atomic E-state index is 12.2. The largest absolute Gasteiger partial charge is 0.368 e. The molecule has 0 saturated carbocycles. The highest BCUT2D eigenvalue weighted by Crippen LogP contribution is 2.23. The first-order valence-corrected chi connectivity index (χ1v) is 10.8. The van der Waals surface area contributed by atoms with Crippen molar-refractivity contribution < 1.29 is 8.42 Å². The molecule has 0 unspecified atom stereocenters. The van der Waals surface area contributed by atoms with Crippen molar-refractivity contribution in [1.82, 2.24) is 15.2 Å². The van der Waals surface area contributed by atoms with Crippen molar-refractivity contribution in [3.8, 4) is 0 Å². The number of para-hydroxylation sites is 1. The fraction of sp³-hybridized carbons (Fsp3) is 0.474. The van der Waals surface area contributed by atoms with Crippen LogP contribution < -0.4 is 10.6 Å². The van der Waals surface area contributed by atoms with Gasteiger partial charge in [-0.15, -0.1) is 0 Å². The molecule has 2 N–H and O–H groups in total. The van der Waals surface area contributed by atoms with Gasteiger partial charge in [-0.2, -0.15) is 0 Å². The molecule has 27 heavy (non-hydrogen) atoms. The van der Waals surface area contributed by atoms with Crippen molar-refractivity contribution in [2.75, 3.05) is 44.3 Å². The molecular weight excluding hydrogens is 362 g/mol. The zero-order valence-electron chi connectivity index (χ0n) is 16.1. The Hall–Kier alpha value is -2.35. The Labute approximate surface area is 160 Å². The van der Waals surface area contributed by atoms with Crippen LogP contribution in [0, 0.1) is 0 Å². The predicted molar refractivity (Wildman–Crippen MR) is 111 cm³/mol. The van der Waals surface area contributed by atoms with E-state index >= 15 is 0 Å². The van der Waals surface area contributed by atoms with Crippen molar-refractivity contribution in [3.05, 3.63) is 36.4 Å². The number of pyridine rings is 1. The lowest BCUT2D eigenvalue weighted by Crippen LogP contribution is -2.57. The maximum Gasteiger partial charge on any atom is 0.193 e. The molecule has 3 rings (SSSR count). The van der Waals surface area contributed by atoms with Crippen LogP contribution in [0.3, 0.4) is 0 Å². The molecule has 0 aliphatic carbocycles. The topological polar surface area (TPSA) is 86.7 Å². The molecule has 1 aliphatic heterocycles. The molecule has 1 aliphatic rings. The van der Waals surface area contributed by atoms with Gasteiger partial charge in [-0.25, -0.2) is 13.4 Å². The summed E-state index contributed by atoms with van der Waals surface area (Å²) in [7, 11) is -1.34. The average Bonchev–Trinajstić information content (AvgIpc) is 2.64. The van der Waals surface area contributed by atoms with Crippen LogP contribution in [0.1, 0.15) is 13.8 Å². The van der Waals surface area contributed by atoms with E-state index in [0.717, 1.165) is 22.7 Å². The first-order chi connectivity index (χ1) is 12.8. The van der Waals surface area contributed by atoms with Gasteiger partial charge in [0, 0.05) is 38.6 Å². The monoisotopic (exact) mass is 389 g/mol. The van der Waals surface area contributed by atoms with Crippen molar-refractivity contribution in [1.29, 1.82) is 0 Å². The number of benzene rings is 1. The molecule has 8 heteroatoms. The van der Waals surface area contributed by atoms with Gasteiger partial charge in [-0.05, 0) is 32.0 Å². The lowest BCUT2D eigenvalue weighted by Gasteiger charge is -2.39. The molecule has 1 fully saturated rings. The maximum atomic E-state index is 12.2. The van der Waals surface area contributed by atoms with Gasteiger partial charge < -0.3 is 15.5 Å². The van der Waals surface area contributed by atoms with E-state index in [1.54, 1.807) is 20.9 Å². The number of sulfone groups is 1. The summed E-state index contributed by atoms with van der Waals surface area (Å²) in [6, 6.07) is 12.0. The van der Waals surface area contributed by atoms with Gasteiger partial charge in [-0.1, -0.05) is 18.2 Å². The summed E-state index contributed by atoms with van der Waals surface area (Å²) in [4.78, 5) is 10.9. The van der Waals surface area contributed by atoms with Crippen LogP contribution in [-0.4, -0.2) is 68.0 Å². The molecule has 1 saturated heterocycles. The van der Waals surface area contributed by atoms with E-state index in [9.17, 15) is 8.42 Å². The standard InChI is InChI=1S/C19H27N5O2S/c1-19(2)14-24(12-13-27(19,25)26)18(20-3)22-11-10-21-17-9-8-15-6-4-5-7-16(15)23-17/h4-9H,10-14H2,1-3H3,(H,20,22)(H,21,23). The highest BCUT2D eigenvalue weighted by molar-refractivity contribution is 7.92. The lowest BCUT2D eigenvalue weighted by atomic mass is 10.2. The third-order valence-electron chi connectivity index (χ3n) is 4.87. The minimum atomic E-state index is -3.06. The highest BCUT2D eigenvalue weighted by atomic mass is 32.2. The summed E-state index contributed by atoms with van der Waals surface area (Å²) in [5.41, 5.74) is 0.961. The number of aromatic nitrogens is 1. The van der Waals surface area contributed by atoms with Crippen LogP contribution in [0.5, 0.6) is 0 Å². The summed E-state index contributed by atoms with van der Waals surface area (Å²) >= 11 is 0. The lowest BCUT2D eigenvalue weighted by molar-refractivity contribution is 0.354. The third kappa shape index (κ3) is 4.32. The Kier molecular flexibility index (Phi) is 5.55.